The summed E-state index contributed by atoms with van der Waals surface area (Å²) < 4.78 is 58.4. The van der Waals surface area contributed by atoms with Crippen molar-refractivity contribution < 1.29 is 26.7 Å². The Morgan fingerprint density at radius 3 is 2.58 bits per heavy atom. The van der Waals surface area contributed by atoms with Crippen molar-refractivity contribution >= 4 is 15.9 Å². The van der Waals surface area contributed by atoms with E-state index in [2.05, 4.69) is 5.32 Å². The number of nitrogens with zero attached hydrogens (tertiary/aromatic N) is 2. The fraction of sp³-hybridized carbons (Fsp3) is 0.562. The lowest BCUT2D eigenvalue weighted by Crippen LogP contribution is -2.52. The number of carbonyl (C=O) groups is 1. The fourth-order valence-corrected chi connectivity index (χ4v) is 4.56. The summed E-state index contributed by atoms with van der Waals surface area (Å²) in [7, 11) is -4.06. The number of halogens is 2. The SMILES string of the molecule is O=C(CC1COCCN1)N1CCN(S(=O)(=O)c2ccc(F)cc2F)CC1. The molecule has 1 atom stereocenters. The molecule has 1 aromatic rings. The van der Waals surface area contributed by atoms with Gasteiger partial charge in [0.25, 0.3) is 0 Å². The van der Waals surface area contributed by atoms with Gasteiger partial charge >= 0.3 is 0 Å². The molecule has 0 aromatic heterocycles. The first-order chi connectivity index (χ1) is 12.4. The van der Waals surface area contributed by atoms with E-state index in [1.165, 1.54) is 0 Å². The van der Waals surface area contributed by atoms with Gasteiger partial charge in [0.05, 0.1) is 13.2 Å². The van der Waals surface area contributed by atoms with Crippen LogP contribution in [0.25, 0.3) is 0 Å². The van der Waals surface area contributed by atoms with Crippen molar-refractivity contribution in [3.8, 4) is 0 Å². The van der Waals surface area contributed by atoms with Crippen molar-refractivity contribution in [1.29, 1.82) is 0 Å². The number of amides is 1. The number of carbonyl (C=O) groups excluding carboxylic acids is 1. The van der Waals surface area contributed by atoms with Gasteiger partial charge in [-0.05, 0) is 12.1 Å². The molecular formula is C16H21F2N3O4S. The molecule has 26 heavy (non-hydrogen) atoms. The predicted octanol–water partition coefficient (Wildman–Crippen LogP) is 0.176. The summed E-state index contributed by atoms with van der Waals surface area (Å²) >= 11 is 0. The molecule has 2 aliphatic heterocycles. The van der Waals surface area contributed by atoms with E-state index in [1.807, 2.05) is 0 Å². The number of piperazine rings is 1. The normalized spacial score (nSPS) is 22.4. The molecule has 1 amide bonds. The monoisotopic (exact) mass is 389 g/mol. The Morgan fingerprint density at radius 2 is 1.96 bits per heavy atom. The number of benzene rings is 1. The lowest BCUT2D eigenvalue weighted by molar-refractivity contribution is -0.133. The summed E-state index contributed by atoms with van der Waals surface area (Å²) in [6, 6.07) is 2.35. The average Bonchev–Trinajstić information content (AvgIpc) is 2.62. The van der Waals surface area contributed by atoms with E-state index in [0.717, 1.165) is 16.4 Å². The van der Waals surface area contributed by atoms with Crippen molar-refractivity contribution in [2.75, 3.05) is 45.9 Å². The third-order valence-electron chi connectivity index (χ3n) is 4.52. The topological polar surface area (TPSA) is 79.0 Å². The lowest BCUT2D eigenvalue weighted by atomic mass is 10.1. The Hall–Kier alpha value is -1.62. The summed E-state index contributed by atoms with van der Waals surface area (Å²) in [6.07, 6.45) is 0.291. The first-order valence-corrected chi connectivity index (χ1v) is 9.86. The molecule has 0 bridgehead atoms. The second-order valence-corrected chi connectivity index (χ2v) is 8.20. The molecule has 1 N–H and O–H groups in total. The number of sulfonamides is 1. The van der Waals surface area contributed by atoms with E-state index >= 15 is 0 Å². The molecule has 2 saturated heterocycles. The van der Waals surface area contributed by atoms with Crippen molar-refractivity contribution in [2.45, 2.75) is 17.4 Å². The number of hydrogen-bond acceptors (Lipinski definition) is 5. The highest BCUT2D eigenvalue weighted by Gasteiger charge is 2.32. The Bertz CT molecular complexity index is 761. The van der Waals surface area contributed by atoms with Gasteiger partial charge in [-0.15, -0.1) is 0 Å². The van der Waals surface area contributed by atoms with Gasteiger partial charge in [-0.1, -0.05) is 0 Å². The molecule has 0 radical (unpaired) electrons. The minimum Gasteiger partial charge on any atom is -0.378 e. The maximum absolute atomic E-state index is 13.8. The summed E-state index contributed by atoms with van der Waals surface area (Å²) in [4.78, 5) is 13.4. The predicted molar refractivity (Wildman–Crippen MR) is 88.9 cm³/mol. The van der Waals surface area contributed by atoms with Gasteiger partial charge in [-0.2, -0.15) is 4.31 Å². The number of hydrogen-bond donors (Lipinski definition) is 1. The van der Waals surface area contributed by atoms with Crippen LogP contribution < -0.4 is 5.32 Å². The first kappa shape index (κ1) is 19.2. The van der Waals surface area contributed by atoms with Crippen LogP contribution in [0.1, 0.15) is 6.42 Å². The quantitative estimate of drug-likeness (QED) is 0.795. The van der Waals surface area contributed by atoms with E-state index in [1.54, 1.807) is 4.90 Å². The lowest BCUT2D eigenvalue weighted by Gasteiger charge is -2.35. The highest BCUT2D eigenvalue weighted by Crippen LogP contribution is 2.21. The van der Waals surface area contributed by atoms with Crippen LogP contribution in [0.4, 0.5) is 8.78 Å². The molecule has 7 nitrogen and oxygen atoms in total. The smallest absolute Gasteiger partial charge is 0.246 e. The zero-order valence-electron chi connectivity index (χ0n) is 14.2. The van der Waals surface area contributed by atoms with Crippen LogP contribution in [0.3, 0.4) is 0 Å². The summed E-state index contributed by atoms with van der Waals surface area (Å²) in [5, 5.41) is 3.20. The molecule has 2 heterocycles. The minimum absolute atomic E-state index is 0.0358. The number of rotatable bonds is 4. The summed E-state index contributed by atoms with van der Waals surface area (Å²) in [6.45, 7) is 2.40. The minimum atomic E-state index is -4.06. The van der Waals surface area contributed by atoms with Gasteiger partial charge < -0.3 is 15.0 Å². The van der Waals surface area contributed by atoms with Gasteiger partial charge in [-0.3, -0.25) is 4.79 Å². The number of morpholine rings is 1. The molecular weight excluding hydrogens is 368 g/mol. The third kappa shape index (κ3) is 4.20. The van der Waals surface area contributed by atoms with E-state index in [4.69, 9.17) is 4.74 Å². The Kier molecular flexibility index (Phi) is 5.86. The van der Waals surface area contributed by atoms with Gasteiger partial charge in [0, 0.05) is 51.3 Å². The fourth-order valence-electron chi connectivity index (χ4n) is 3.09. The van der Waals surface area contributed by atoms with Crippen LogP contribution in [-0.2, 0) is 19.6 Å². The zero-order valence-corrected chi connectivity index (χ0v) is 15.0. The largest absolute Gasteiger partial charge is 0.378 e. The molecule has 0 spiro atoms. The Morgan fingerprint density at radius 1 is 1.23 bits per heavy atom. The standard InChI is InChI=1S/C16H21F2N3O4S/c17-12-1-2-15(14(18)9-12)26(23,24)21-6-4-20(5-7-21)16(22)10-13-11-25-8-3-19-13/h1-2,9,13,19H,3-8,10-11H2. The first-order valence-electron chi connectivity index (χ1n) is 8.42. The van der Waals surface area contributed by atoms with Crippen LogP contribution in [0.15, 0.2) is 23.1 Å². The molecule has 0 aliphatic carbocycles. The summed E-state index contributed by atoms with van der Waals surface area (Å²) in [5.41, 5.74) is 0. The van der Waals surface area contributed by atoms with Gasteiger partial charge in [0.2, 0.25) is 15.9 Å². The Labute approximate surface area is 151 Å². The molecule has 2 aliphatic rings. The average molecular weight is 389 g/mol. The molecule has 1 unspecified atom stereocenters. The highest BCUT2D eigenvalue weighted by molar-refractivity contribution is 7.89. The molecule has 144 valence electrons. The molecule has 3 rings (SSSR count). The van der Waals surface area contributed by atoms with E-state index in [9.17, 15) is 22.0 Å². The van der Waals surface area contributed by atoms with Gasteiger partial charge in [0.1, 0.15) is 16.5 Å². The molecule has 2 fully saturated rings. The summed E-state index contributed by atoms with van der Waals surface area (Å²) in [5.74, 6) is -2.03. The van der Waals surface area contributed by atoms with Crippen LogP contribution in [0.5, 0.6) is 0 Å². The zero-order chi connectivity index (χ0) is 18.7. The maximum atomic E-state index is 13.8. The van der Waals surface area contributed by atoms with E-state index in [-0.39, 0.29) is 38.1 Å². The highest BCUT2D eigenvalue weighted by atomic mass is 32.2. The van der Waals surface area contributed by atoms with Crippen LogP contribution in [0.2, 0.25) is 0 Å². The van der Waals surface area contributed by atoms with Gasteiger partial charge in [0.15, 0.2) is 0 Å². The number of ether oxygens (including phenoxy) is 1. The van der Waals surface area contributed by atoms with Crippen molar-refractivity contribution in [3.63, 3.8) is 0 Å². The molecule has 1 aromatic carbocycles. The molecule has 10 heteroatoms. The van der Waals surface area contributed by atoms with E-state index in [0.29, 0.717) is 32.2 Å². The second-order valence-electron chi connectivity index (χ2n) is 6.29. The maximum Gasteiger partial charge on any atom is 0.246 e. The Balaban J connectivity index is 1.59. The van der Waals surface area contributed by atoms with Crippen LogP contribution >= 0.6 is 0 Å². The second kappa shape index (κ2) is 7.95. The third-order valence-corrected chi connectivity index (χ3v) is 6.45. The number of nitrogens with one attached hydrogen (secondary N) is 1. The van der Waals surface area contributed by atoms with Crippen molar-refractivity contribution in [2.24, 2.45) is 0 Å². The van der Waals surface area contributed by atoms with Crippen LogP contribution in [-0.4, -0.2) is 75.5 Å². The van der Waals surface area contributed by atoms with Crippen LogP contribution in [0, 0.1) is 11.6 Å². The molecule has 0 saturated carbocycles. The van der Waals surface area contributed by atoms with Crippen molar-refractivity contribution in [3.05, 3.63) is 29.8 Å². The van der Waals surface area contributed by atoms with Gasteiger partial charge in [-0.25, -0.2) is 17.2 Å². The van der Waals surface area contributed by atoms with E-state index < -0.39 is 26.6 Å². The van der Waals surface area contributed by atoms with Crippen molar-refractivity contribution in [1.82, 2.24) is 14.5 Å².